The van der Waals surface area contributed by atoms with Crippen LogP contribution in [-0.4, -0.2) is 24.1 Å². The number of benzene rings is 7. The summed E-state index contributed by atoms with van der Waals surface area (Å²) in [5, 5.41) is 10.4. The standard InChI is InChI=1S/C44H27N5/c1-26-12-9-20-33(43-46-44-41(28-13-3-2-4-14-28)45-34-21-7-8-22-35(34)49(44)47-43)42(26)48-36-23-11-19-32-30-17-6-5-16-29(30)31-18-10-15-27-24-25-37(48)40(38(27)31)39(32)36/h2-25H,1H3. The first-order valence-corrected chi connectivity index (χ1v) is 16.6. The molecule has 0 fully saturated rings. The minimum atomic E-state index is 0.666. The molecule has 0 radical (unpaired) electrons. The average molecular weight is 626 g/mol. The predicted octanol–water partition coefficient (Wildman–Crippen LogP) is 10.8. The fourth-order valence-corrected chi connectivity index (χ4v) is 8.15. The van der Waals surface area contributed by atoms with E-state index in [1.165, 1.54) is 54.8 Å². The molecule has 0 saturated carbocycles. The number of hydrogen-bond donors (Lipinski definition) is 0. The molecule has 3 heterocycles. The summed E-state index contributed by atoms with van der Waals surface area (Å²) in [4.78, 5) is 10.4. The molecule has 0 aliphatic heterocycles. The summed E-state index contributed by atoms with van der Waals surface area (Å²) in [6.07, 6.45) is 0. The second-order valence-electron chi connectivity index (χ2n) is 12.9. The van der Waals surface area contributed by atoms with Crippen LogP contribution in [0.15, 0.2) is 146 Å². The van der Waals surface area contributed by atoms with Crippen molar-refractivity contribution in [1.29, 1.82) is 0 Å². The monoisotopic (exact) mass is 625 g/mol. The van der Waals surface area contributed by atoms with Crippen LogP contribution in [0.4, 0.5) is 0 Å². The minimum absolute atomic E-state index is 0.666. The van der Waals surface area contributed by atoms with Crippen molar-refractivity contribution in [2.24, 2.45) is 0 Å². The van der Waals surface area contributed by atoms with E-state index >= 15 is 0 Å². The van der Waals surface area contributed by atoms with Gasteiger partial charge in [0.1, 0.15) is 5.69 Å². The van der Waals surface area contributed by atoms with E-state index < -0.39 is 0 Å². The van der Waals surface area contributed by atoms with Crippen molar-refractivity contribution in [3.05, 3.63) is 151 Å². The summed E-state index contributed by atoms with van der Waals surface area (Å²) >= 11 is 0. The lowest BCUT2D eigenvalue weighted by Crippen LogP contribution is -2.01. The molecule has 7 aromatic carbocycles. The van der Waals surface area contributed by atoms with Gasteiger partial charge in [-0.05, 0) is 75.8 Å². The van der Waals surface area contributed by atoms with Gasteiger partial charge in [0.05, 0.1) is 27.8 Å². The van der Waals surface area contributed by atoms with Crippen molar-refractivity contribution >= 4 is 49.3 Å². The molecule has 0 atom stereocenters. The van der Waals surface area contributed by atoms with Crippen molar-refractivity contribution in [2.75, 3.05) is 0 Å². The van der Waals surface area contributed by atoms with Gasteiger partial charge in [-0.1, -0.05) is 115 Å². The summed E-state index contributed by atoms with van der Waals surface area (Å²) < 4.78 is 4.41. The van der Waals surface area contributed by atoms with Crippen LogP contribution in [0.3, 0.4) is 0 Å². The van der Waals surface area contributed by atoms with E-state index in [-0.39, 0.29) is 0 Å². The lowest BCUT2D eigenvalue weighted by molar-refractivity contribution is 0.998. The Morgan fingerprint density at radius 3 is 1.98 bits per heavy atom. The van der Waals surface area contributed by atoms with Crippen LogP contribution in [0.1, 0.15) is 5.56 Å². The molecule has 228 valence electrons. The second-order valence-corrected chi connectivity index (χ2v) is 12.9. The summed E-state index contributed by atoms with van der Waals surface area (Å²) in [6, 6.07) is 51.7. The zero-order valence-corrected chi connectivity index (χ0v) is 26.6. The highest BCUT2D eigenvalue weighted by Gasteiger charge is 2.27. The van der Waals surface area contributed by atoms with Crippen LogP contribution in [-0.2, 0) is 0 Å². The zero-order chi connectivity index (χ0) is 32.2. The van der Waals surface area contributed by atoms with E-state index in [1.54, 1.807) is 0 Å². The fourth-order valence-electron chi connectivity index (χ4n) is 8.15. The fraction of sp³-hybridized carbons (Fsp3) is 0.0227. The molecule has 10 aromatic rings. The van der Waals surface area contributed by atoms with Crippen LogP contribution in [0.2, 0.25) is 0 Å². The van der Waals surface area contributed by atoms with Gasteiger partial charge in [0.25, 0.3) is 0 Å². The Morgan fingerprint density at radius 1 is 0.469 bits per heavy atom. The summed E-state index contributed by atoms with van der Waals surface area (Å²) in [6.45, 7) is 2.19. The van der Waals surface area contributed by atoms with Crippen LogP contribution in [0.5, 0.6) is 0 Å². The van der Waals surface area contributed by atoms with Crippen LogP contribution < -0.4 is 0 Å². The first-order chi connectivity index (χ1) is 24.2. The molecule has 1 aliphatic rings. The molecular formula is C44H27N5. The average Bonchev–Trinajstić information content (AvgIpc) is 3.72. The summed E-state index contributed by atoms with van der Waals surface area (Å²) in [5.74, 6) is 0.666. The Bertz CT molecular complexity index is 3000. The maximum atomic E-state index is 5.28. The Hall–Kier alpha value is -6.59. The van der Waals surface area contributed by atoms with Crippen molar-refractivity contribution < 1.29 is 0 Å². The SMILES string of the molecule is Cc1cccc(-c2nc3c(-c4ccccc4)nc4ccccc4n3n2)c1-n1c2cccc3c2c2c4c(cccc4ccc21)-c1ccccc1-3. The molecule has 0 saturated heterocycles. The van der Waals surface area contributed by atoms with Crippen LogP contribution in [0, 0.1) is 6.92 Å². The number of aryl methyl sites for hydroxylation is 1. The van der Waals surface area contributed by atoms with Gasteiger partial charge in [0.15, 0.2) is 11.5 Å². The lowest BCUT2D eigenvalue weighted by Gasteiger charge is -2.17. The third-order valence-corrected chi connectivity index (χ3v) is 10.2. The molecule has 0 unspecified atom stereocenters. The third kappa shape index (κ3) is 3.56. The maximum absolute atomic E-state index is 5.28. The molecule has 0 spiro atoms. The molecule has 11 rings (SSSR count). The van der Waals surface area contributed by atoms with Gasteiger partial charge in [-0.2, -0.15) is 0 Å². The number of nitrogens with zero attached hydrogens (tertiary/aromatic N) is 5. The van der Waals surface area contributed by atoms with Crippen molar-refractivity contribution in [1.82, 2.24) is 24.1 Å². The summed E-state index contributed by atoms with van der Waals surface area (Å²) in [5.41, 5.74) is 15.0. The molecule has 1 aliphatic carbocycles. The van der Waals surface area contributed by atoms with Gasteiger partial charge < -0.3 is 4.57 Å². The van der Waals surface area contributed by atoms with E-state index in [0.29, 0.717) is 5.82 Å². The Kier molecular flexibility index (Phi) is 5.25. The van der Waals surface area contributed by atoms with E-state index in [0.717, 1.165) is 44.8 Å². The normalized spacial score (nSPS) is 12.2. The Balaban J connectivity index is 1.26. The van der Waals surface area contributed by atoms with Crippen molar-refractivity contribution in [3.63, 3.8) is 0 Å². The quantitative estimate of drug-likeness (QED) is 0.196. The molecule has 49 heavy (non-hydrogen) atoms. The highest BCUT2D eigenvalue weighted by atomic mass is 15.3. The molecule has 5 nitrogen and oxygen atoms in total. The molecule has 0 amide bonds. The van der Waals surface area contributed by atoms with E-state index in [2.05, 4.69) is 121 Å². The van der Waals surface area contributed by atoms with Gasteiger partial charge in [0, 0.05) is 21.9 Å². The van der Waals surface area contributed by atoms with Crippen molar-refractivity contribution in [3.8, 4) is 50.6 Å². The van der Waals surface area contributed by atoms with Gasteiger partial charge in [-0.15, -0.1) is 5.10 Å². The zero-order valence-electron chi connectivity index (χ0n) is 26.6. The molecule has 0 N–H and O–H groups in total. The number of aromatic nitrogens is 5. The first kappa shape index (κ1) is 26.5. The largest absolute Gasteiger partial charge is 0.308 e. The highest BCUT2D eigenvalue weighted by molar-refractivity contribution is 6.30. The molecule has 3 aromatic heterocycles. The second kappa shape index (κ2) is 9.72. The van der Waals surface area contributed by atoms with E-state index in [9.17, 15) is 0 Å². The predicted molar refractivity (Wildman–Crippen MR) is 200 cm³/mol. The van der Waals surface area contributed by atoms with Gasteiger partial charge >= 0.3 is 0 Å². The number of hydrogen-bond acceptors (Lipinski definition) is 3. The lowest BCUT2D eigenvalue weighted by atomic mass is 9.93. The van der Waals surface area contributed by atoms with E-state index in [1.807, 2.05) is 40.9 Å². The smallest absolute Gasteiger partial charge is 0.184 e. The number of fused-ring (bicyclic) bond motifs is 6. The summed E-state index contributed by atoms with van der Waals surface area (Å²) in [7, 11) is 0. The Morgan fingerprint density at radius 2 is 1.12 bits per heavy atom. The Labute approximate surface area is 281 Å². The van der Waals surface area contributed by atoms with Gasteiger partial charge in [0.2, 0.25) is 0 Å². The first-order valence-electron chi connectivity index (χ1n) is 16.6. The molecular weight excluding hydrogens is 599 g/mol. The number of rotatable bonds is 3. The van der Waals surface area contributed by atoms with Gasteiger partial charge in [-0.25, -0.2) is 14.5 Å². The van der Waals surface area contributed by atoms with Crippen molar-refractivity contribution in [2.45, 2.75) is 6.92 Å². The molecule has 5 heteroatoms. The molecule has 0 bridgehead atoms. The van der Waals surface area contributed by atoms with Crippen LogP contribution in [0.25, 0.3) is 99.8 Å². The third-order valence-electron chi connectivity index (χ3n) is 10.2. The van der Waals surface area contributed by atoms with E-state index in [4.69, 9.17) is 15.1 Å². The number of para-hydroxylation sites is 3. The van der Waals surface area contributed by atoms with Crippen LogP contribution >= 0.6 is 0 Å². The van der Waals surface area contributed by atoms with Gasteiger partial charge in [-0.3, -0.25) is 0 Å². The highest BCUT2D eigenvalue weighted by Crippen LogP contribution is 2.50. The topological polar surface area (TPSA) is 48.0 Å². The maximum Gasteiger partial charge on any atom is 0.184 e. The minimum Gasteiger partial charge on any atom is -0.308 e.